The van der Waals surface area contributed by atoms with Gasteiger partial charge < -0.3 is 9.84 Å². The van der Waals surface area contributed by atoms with E-state index in [0.717, 1.165) is 30.6 Å². The maximum absolute atomic E-state index is 11.6. The van der Waals surface area contributed by atoms with Gasteiger partial charge in [-0.3, -0.25) is 0 Å². The molecule has 0 aromatic heterocycles. The van der Waals surface area contributed by atoms with E-state index in [4.69, 9.17) is 4.74 Å². The van der Waals surface area contributed by atoms with Gasteiger partial charge in [-0.05, 0) is 51.4 Å². The van der Waals surface area contributed by atoms with E-state index in [9.17, 15) is 9.90 Å². The van der Waals surface area contributed by atoms with Gasteiger partial charge in [0, 0.05) is 0 Å². The summed E-state index contributed by atoms with van der Waals surface area (Å²) in [4.78, 5) is 11.6. The number of aliphatic hydroxyl groups is 1. The number of hydrogen-bond acceptors (Lipinski definition) is 3. The summed E-state index contributed by atoms with van der Waals surface area (Å²) in [5, 5.41) is 9.60. The molecule has 0 saturated heterocycles. The average Bonchev–Trinajstić information content (AvgIpc) is 2.45. The summed E-state index contributed by atoms with van der Waals surface area (Å²) in [5.41, 5.74) is -1.40. The SMILES string of the molecule is CC(C)CCCC(C)CCCC(C)CCCC(C)OC(=O)C(C)(C)O. The van der Waals surface area contributed by atoms with Gasteiger partial charge in [0.15, 0.2) is 5.60 Å². The molecule has 0 aromatic rings. The van der Waals surface area contributed by atoms with Crippen LogP contribution in [-0.4, -0.2) is 22.8 Å². The summed E-state index contributed by atoms with van der Waals surface area (Å²) in [7, 11) is 0. The number of esters is 1. The molecule has 150 valence electrons. The van der Waals surface area contributed by atoms with Crippen LogP contribution in [0, 0.1) is 17.8 Å². The first kappa shape index (κ1) is 24.4. The Morgan fingerprint density at radius 1 is 0.800 bits per heavy atom. The first-order valence-corrected chi connectivity index (χ1v) is 10.5. The molecule has 1 N–H and O–H groups in total. The quantitative estimate of drug-likeness (QED) is 0.381. The molecule has 0 fully saturated rings. The molecule has 3 nitrogen and oxygen atoms in total. The Kier molecular flexibility index (Phi) is 12.4. The van der Waals surface area contributed by atoms with Crippen LogP contribution in [0.1, 0.15) is 106 Å². The highest BCUT2D eigenvalue weighted by Gasteiger charge is 2.27. The molecule has 0 heterocycles. The van der Waals surface area contributed by atoms with Crippen LogP contribution < -0.4 is 0 Å². The minimum atomic E-state index is -1.40. The molecular weight excluding hydrogens is 312 g/mol. The van der Waals surface area contributed by atoms with Gasteiger partial charge in [-0.25, -0.2) is 4.79 Å². The highest BCUT2D eigenvalue weighted by atomic mass is 16.6. The van der Waals surface area contributed by atoms with E-state index in [2.05, 4.69) is 27.7 Å². The van der Waals surface area contributed by atoms with Crippen LogP contribution >= 0.6 is 0 Å². The van der Waals surface area contributed by atoms with Crippen molar-refractivity contribution in [1.29, 1.82) is 0 Å². The lowest BCUT2D eigenvalue weighted by molar-refractivity contribution is -0.167. The molecule has 0 aliphatic rings. The van der Waals surface area contributed by atoms with Crippen molar-refractivity contribution in [2.45, 2.75) is 118 Å². The van der Waals surface area contributed by atoms with Crippen molar-refractivity contribution in [2.75, 3.05) is 0 Å². The minimum Gasteiger partial charge on any atom is -0.461 e. The molecule has 0 amide bonds. The second-order valence-electron chi connectivity index (χ2n) is 9.17. The van der Waals surface area contributed by atoms with Gasteiger partial charge in [-0.2, -0.15) is 0 Å². The fourth-order valence-corrected chi connectivity index (χ4v) is 3.12. The first-order chi connectivity index (χ1) is 11.5. The Labute approximate surface area is 156 Å². The van der Waals surface area contributed by atoms with Crippen LogP contribution in [0.25, 0.3) is 0 Å². The van der Waals surface area contributed by atoms with Crippen molar-refractivity contribution in [3.63, 3.8) is 0 Å². The molecule has 0 spiro atoms. The van der Waals surface area contributed by atoms with Gasteiger partial charge >= 0.3 is 5.97 Å². The van der Waals surface area contributed by atoms with Gasteiger partial charge in [0.05, 0.1) is 6.10 Å². The van der Waals surface area contributed by atoms with Gasteiger partial charge in [0.1, 0.15) is 0 Å². The molecule has 0 rings (SSSR count). The van der Waals surface area contributed by atoms with E-state index >= 15 is 0 Å². The second-order valence-corrected chi connectivity index (χ2v) is 9.17. The fraction of sp³-hybridized carbons (Fsp3) is 0.955. The average molecular weight is 357 g/mol. The van der Waals surface area contributed by atoms with Crippen LogP contribution in [0.3, 0.4) is 0 Å². The number of carbonyl (C=O) groups is 1. The van der Waals surface area contributed by atoms with Crippen molar-refractivity contribution < 1.29 is 14.6 Å². The number of carbonyl (C=O) groups excluding carboxylic acids is 1. The summed E-state index contributed by atoms with van der Waals surface area (Å²) in [6.45, 7) is 14.2. The van der Waals surface area contributed by atoms with E-state index in [1.807, 2.05) is 6.92 Å². The summed E-state index contributed by atoms with van der Waals surface area (Å²) in [6.07, 6.45) is 11.1. The van der Waals surface area contributed by atoms with Crippen molar-refractivity contribution in [2.24, 2.45) is 17.8 Å². The molecular formula is C22H44O3. The normalized spacial score (nSPS) is 15.9. The third kappa shape index (κ3) is 14.3. The summed E-state index contributed by atoms with van der Waals surface area (Å²) < 4.78 is 5.27. The van der Waals surface area contributed by atoms with Crippen molar-refractivity contribution in [1.82, 2.24) is 0 Å². The maximum atomic E-state index is 11.6. The summed E-state index contributed by atoms with van der Waals surface area (Å²) >= 11 is 0. The molecule has 0 radical (unpaired) electrons. The lowest BCUT2D eigenvalue weighted by Gasteiger charge is -2.20. The van der Waals surface area contributed by atoms with Crippen LogP contribution in [-0.2, 0) is 9.53 Å². The van der Waals surface area contributed by atoms with E-state index in [0.29, 0.717) is 0 Å². The highest BCUT2D eigenvalue weighted by Crippen LogP contribution is 2.22. The minimum absolute atomic E-state index is 0.118. The number of ether oxygens (including phenoxy) is 1. The third-order valence-corrected chi connectivity index (χ3v) is 4.99. The molecule has 3 unspecified atom stereocenters. The topological polar surface area (TPSA) is 46.5 Å². The highest BCUT2D eigenvalue weighted by molar-refractivity contribution is 5.78. The van der Waals surface area contributed by atoms with Gasteiger partial charge in [-0.1, -0.05) is 72.6 Å². The molecule has 3 atom stereocenters. The molecule has 0 bridgehead atoms. The van der Waals surface area contributed by atoms with Crippen molar-refractivity contribution in [3.8, 4) is 0 Å². The predicted molar refractivity (Wildman–Crippen MR) is 107 cm³/mol. The molecule has 3 heteroatoms. The standard InChI is InChI=1S/C22H44O3/c1-17(2)11-8-12-18(3)13-9-14-19(4)15-10-16-20(5)25-21(23)22(6,7)24/h17-20,24H,8-16H2,1-7H3. The van der Waals surface area contributed by atoms with Gasteiger partial charge in [0.2, 0.25) is 0 Å². The molecule has 0 aliphatic heterocycles. The van der Waals surface area contributed by atoms with Crippen LogP contribution in [0.15, 0.2) is 0 Å². The zero-order valence-electron chi connectivity index (χ0n) is 17.9. The Bertz CT molecular complexity index is 344. The molecule has 0 saturated carbocycles. The van der Waals surface area contributed by atoms with Crippen LogP contribution in [0.2, 0.25) is 0 Å². The fourth-order valence-electron chi connectivity index (χ4n) is 3.12. The number of hydrogen-bond donors (Lipinski definition) is 1. The molecule has 0 aliphatic carbocycles. The Hall–Kier alpha value is -0.570. The third-order valence-electron chi connectivity index (χ3n) is 4.99. The van der Waals surface area contributed by atoms with E-state index in [1.54, 1.807) is 0 Å². The zero-order valence-corrected chi connectivity index (χ0v) is 17.9. The monoisotopic (exact) mass is 356 g/mol. The van der Waals surface area contributed by atoms with E-state index in [1.165, 1.54) is 58.8 Å². The van der Waals surface area contributed by atoms with Crippen LogP contribution in [0.5, 0.6) is 0 Å². The second kappa shape index (κ2) is 12.7. The van der Waals surface area contributed by atoms with E-state index in [-0.39, 0.29) is 6.10 Å². The van der Waals surface area contributed by atoms with Gasteiger partial charge in [0.25, 0.3) is 0 Å². The van der Waals surface area contributed by atoms with E-state index < -0.39 is 11.6 Å². The van der Waals surface area contributed by atoms with Crippen molar-refractivity contribution in [3.05, 3.63) is 0 Å². The lowest BCUT2D eigenvalue weighted by Crippen LogP contribution is -2.35. The zero-order chi connectivity index (χ0) is 19.5. The summed E-state index contributed by atoms with van der Waals surface area (Å²) in [6, 6.07) is 0. The van der Waals surface area contributed by atoms with Crippen molar-refractivity contribution >= 4 is 5.97 Å². The Morgan fingerprint density at radius 2 is 1.20 bits per heavy atom. The lowest BCUT2D eigenvalue weighted by atomic mass is 9.92. The summed E-state index contributed by atoms with van der Waals surface area (Å²) in [5.74, 6) is 1.89. The largest absolute Gasteiger partial charge is 0.461 e. The Morgan fingerprint density at radius 3 is 1.60 bits per heavy atom. The molecule has 25 heavy (non-hydrogen) atoms. The Balaban J connectivity index is 3.70. The number of rotatable bonds is 14. The van der Waals surface area contributed by atoms with Crippen LogP contribution in [0.4, 0.5) is 0 Å². The molecule has 0 aromatic carbocycles. The predicted octanol–water partition coefficient (Wildman–Crippen LogP) is 6.13. The maximum Gasteiger partial charge on any atom is 0.337 e. The van der Waals surface area contributed by atoms with Gasteiger partial charge in [-0.15, -0.1) is 0 Å². The smallest absolute Gasteiger partial charge is 0.337 e. The first-order valence-electron chi connectivity index (χ1n) is 10.5.